The van der Waals surface area contributed by atoms with Crippen LogP contribution >= 0.6 is 0 Å². The lowest BCUT2D eigenvalue weighted by molar-refractivity contribution is 0.629. The lowest BCUT2D eigenvalue weighted by Gasteiger charge is -2.02. The van der Waals surface area contributed by atoms with Gasteiger partial charge in [0.15, 0.2) is 0 Å². The van der Waals surface area contributed by atoms with Crippen LogP contribution in [-0.4, -0.2) is 0 Å². The predicted octanol–water partition coefficient (Wildman–Crippen LogP) is 1.01. The highest BCUT2D eigenvalue weighted by Gasteiger charge is 2.01. The summed E-state index contributed by atoms with van der Waals surface area (Å²) >= 11 is 0. The molecule has 0 spiro atoms. The van der Waals surface area contributed by atoms with E-state index in [1.807, 2.05) is 0 Å². The number of allylic oxidation sites excluding steroid dienone is 2. The topological polar surface area (TPSA) is 35.8 Å². The summed E-state index contributed by atoms with van der Waals surface area (Å²) in [6.45, 7) is 1.18. The molecule has 1 N–H and O–H groups in total. The van der Waals surface area contributed by atoms with Crippen molar-refractivity contribution in [1.82, 2.24) is 5.32 Å². The Kier molecular flexibility index (Phi) is 1.50. The van der Waals surface area contributed by atoms with Crippen molar-refractivity contribution in [2.45, 2.75) is 0 Å². The lowest BCUT2D eigenvalue weighted by atomic mass is 10.2. The Labute approximate surface area is 52.3 Å². The van der Waals surface area contributed by atoms with E-state index >= 15 is 0 Å². The summed E-state index contributed by atoms with van der Waals surface area (Å²) in [6, 6.07) is 1.80. The zero-order valence-corrected chi connectivity index (χ0v) is 4.56. The van der Waals surface area contributed by atoms with Gasteiger partial charge in [0.1, 0.15) is 18.4 Å². The van der Waals surface area contributed by atoms with E-state index < -0.39 is 5.83 Å². The molecule has 1 rings (SSSR count). The molecule has 45 valence electrons. The largest absolute Gasteiger partial charge is 0.379 e. The van der Waals surface area contributed by atoms with Gasteiger partial charge in [0.2, 0.25) is 0 Å². The van der Waals surface area contributed by atoms with Gasteiger partial charge in [-0.15, -0.1) is 0 Å². The molecule has 9 heavy (non-hydrogen) atoms. The fraction of sp³-hybridized carbons (Fsp3) is 0. The van der Waals surface area contributed by atoms with Gasteiger partial charge in [-0.1, -0.05) is 0 Å². The molecule has 1 heterocycles. The van der Waals surface area contributed by atoms with Gasteiger partial charge in [0.05, 0.1) is 5.57 Å². The van der Waals surface area contributed by atoms with Crippen LogP contribution in [0.25, 0.3) is 0 Å². The Balaban J connectivity index is 2.78. The predicted molar refractivity (Wildman–Crippen MR) is 30.3 cm³/mol. The van der Waals surface area contributed by atoms with E-state index in [-0.39, 0.29) is 0 Å². The maximum Gasteiger partial charge on any atom is 0.126 e. The highest BCUT2D eigenvalue weighted by atomic mass is 19.1. The zero-order chi connectivity index (χ0) is 6.69. The summed E-state index contributed by atoms with van der Waals surface area (Å²) < 4.78 is 12.2. The van der Waals surface area contributed by atoms with Crippen LogP contribution in [0.2, 0.25) is 0 Å². The smallest absolute Gasteiger partial charge is 0.126 e. The van der Waals surface area contributed by atoms with Gasteiger partial charge in [-0.2, -0.15) is 5.26 Å². The van der Waals surface area contributed by atoms with Crippen LogP contribution in [0.1, 0.15) is 0 Å². The van der Waals surface area contributed by atoms with Gasteiger partial charge in [0.25, 0.3) is 0 Å². The molecule has 3 heteroatoms. The van der Waals surface area contributed by atoms with Crippen LogP contribution in [0.5, 0.6) is 0 Å². The van der Waals surface area contributed by atoms with E-state index in [4.69, 9.17) is 5.26 Å². The molecule has 0 saturated carbocycles. The van der Waals surface area contributed by atoms with Crippen LogP contribution in [0.15, 0.2) is 23.7 Å². The van der Waals surface area contributed by atoms with E-state index in [1.54, 1.807) is 6.07 Å². The molecule has 0 aromatic carbocycles. The van der Waals surface area contributed by atoms with Gasteiger partial charge < -0.3 is 5.32 Å². The van der Waals surface area contributed by atoms with E-state index in [9.17, 15) is 4.39 Å². The first-order valence-electron chi connectivity index (χ1n) is 2.39. The molecule has 2 nitrogen and oxygen atoms in total. The minimum atomic E-state index is -0.422. The molecule has 1 radical (unpaired) electrons. The van der Waals surface area contributed by atoms with E-state index in [0.29, 0.717) is 5.57 Å². The second-order valence-corrected chi connectivity index (χ2v) is 1.55. The molecule has 0 aromatic heterocycles. The Morgan fingerprint density at radius 2 is 2.44 bits per heavy atom. The third kappa shape index (κ3) is 1.29. The summed E-state index contributed by atoms with van der Waals surface area (Å²) in [7, 11) is 0. The van der Waals surface area contributed by atoms with Crippen LogP contribution in [-0.2, 0) is 0 Å². The number of dihydropyridines is 1. The van der Waals surface area contributed by atoms with Gasteiger partial charge >= 0.3 is 0 Å². The third-order valence-electron chi connectivity index (χ3n) is 0.883. The van der Waals surface area contributed by atoms with E-state index in [2.05, 4.69) is 5.32 Å². The van der Waals surface area contributed by atoms with Crippen LogP contribution in [0, 0.1) is 17.9 Å². The molecule has 0 aliphatic carbocycles. The Morgan fingerprint density at radius 1 is 1.67 bits per heavy atom. The van der Waals surface area contributed by atoms with Crippen molar-refractivity contribution in [2.24, 2.45) is 0 Å². The summed E-state index contributed by atoms with van der Waals surface area (Å²) in [5, 5.41) is 10.7. The second kappa shape index (κ2) is 2.31. The molecule has 0 unspecified atom stereocenters. The summed E-state index contributed by atoms with van der Waals surface area (Å²) in [4.78, 5) is 0. The van der Waals surface area contributed by atoms with Gasteiger partial charge in [-0.05, 0) is 6.08 Å². The minimum absolute atomic E-state index is 0.301. The Bertz CT molecular complexity index is 210. The molecule has 0 amide bonds. The molecular formula is C6H4FN2. The molecule has 0 saturated heterocycles. The first-order chi connectivity index (χ1) is 4.33. The lowest BCUT2D eigenvalue weighted by Crippen LogP contribution is -2.05. The molecule has 0 fully saturated rings. The summed E-state index contributed by atoms with van der Waals surface area (Å²) in [6.07, 6.45) is 2.60. The van der Waals surface area contributed by atoms with Gasteiger partial charge in [-0.25, -0.2) is 4.39 Å². The third-order valence-corrected chi connectivity index (χ3v) is 0.883. The average Bonchev–Trinajstić information content (AvgIpc) is 1.88. The quantitative estimate of drug-likeness (QED) is 0.521. The van der Waals surface area contributed by atoms with Crippen molar-refractivity contribution in [3.8, 4) is 6.07 Å². The van der Waals surface area contributed by atoms with Gasteiger partial charge in [0, 0.05) is 6.20 Å². The van der Waals surface area contributed by atoms with Crippen LogP contribution in [0.4, 0.5) is 4.39 Å². The first kappa shape index (κ1) is 5.83. The second-order valence-electron chi connectivity index (χ2n) is 1.55. The van der Waals surface area contributed by atoms with Crippen molar-refractivity contribution in [3.63, 3.8) is 0 Å². The number of nitrogens with zero attached hydrogens (tertiary/aromatic N) is 1. The number of halogens is 1. The van der Waals surface area contributed by atoms with Crippen molar-refractivity contribution < 1.29 is 4.39 Å². The highest BCUT2D eigenvalue weighted by molar-refractivity contribution is 5.38. The molecule has 0 aromatic rings. The van der Waals surface area contributed by atoms with Crippen LogP contribution in [0.3, 0.4) is 0 Å². The van der Waals surface area contributed by atoms with Crippen LogP contribution < -0.4 is 5.32 Å². The average molecular weight is 123 g/mol. The Morgan fingerprint density at radius 3 is 2.89 bits per heavy atom. The molecule has 0 atom stereocenters. The number of nitriles is 1. The zero-order valence-electron chi connectivity index (χ0n) is 4.56. The number of hydrogen-bond donors (Lipinski definition) is 1. The number of hydrogen-bond acceptors (Lipinski definition) is 2. The van der Waals surface area contributed by atoms with E-state index in [1.165, 1.54) is 12.7 Å². The maximum absolute atomic E-state index is 12.2. The monoisotopic (exact) mass is 123 g/mol. The number of rotatable bonds is 0. The molecular weight excluding hydrogens is 119 g/mol. The fourth-order valence-electron chi connectivity index (χ4n) is 0.507. The minimum Gasteiger partial charge on any atom is -0.379 e. The summed E-state index contributed by atoms with van der Waals surface area (Å²) in [5.41, 5.74) is 0.301. The van der Waals surface area contributed by atoms with Crippen molar-refractivity contribution in [1.29, 1.82) is 5.26 Å². The van der Waals surface area contributed by atoms with Crippen molar-refractivity contribution in [3.05, 3.63) is 30.2 Å². The fourth-order valence-corrected chi connectivity index (χ4v) is 0.507. The normalized spacial score (nSPS) is 16.9. The summed E-state index contributed by atoms with van der Waals surface area (Å²) in [5.74, 6) is -0.422. The standard InChI is InChI=1S/C6H4FN2/c7-6-1-5(2-8)3-9-4-6/h1,3-4,9H. The van der Waals surface area contributed by atoms with Gasteiger partial charge in [-0.3, -0.25) is 0 Å². The Hall–Kier alpha value is -1.30. The SMILES string of the molecule is N#CC1=CN[CH]C(F)=C1. The van der Waals surface area contributed by atoms with Crippen molar-refractivity contribution in [2.75, 3.05) is 0 Å². The first-order valence-corrected chi connectivity index (χ1v) is 2.39. The number of nitrogens with one attached hydrogen (secondary N) is 1. The molecule has 1 aliphatic heterocycles. The molecule has 0 bridgehead atoms. The van der Waals surface area contributed by atoms with Crippen molar-refractivity contribution >= 4 is 0 Å². The molecule has 1 aliphatic rings. The van der Waals surface area contributed by atoms with E-state index in [0.717, 1.165) is 6.08 Å². The maximum atomic E-state index is 12.2. The highest BCUT2D eigenvalue weighted by Crippen LogP contribution is 2.08.